The van der Waals surface area contributed by atoms with Gasteiger partial charge in [0.25, 0.3) is 0 Å². The zero-order valence-corrected chi connectivity index (χ0v) is 15.2. The third-order valence-electron chi connectivity index (χ3n) is 3.82. The molecule has 2 radical (unpaired) electrons. The van der Waals surface area contributed by atoms with E-state index < -0.39 is 8.07 Å². The standard InChI is InChI=1S/C15H17Si.C5H5.Fe/c1-13(14-9-7-8-10-14)16(2,3)15-11-5-4-6-12-15;1-2-4-5-3-1;/h4-12H,1H2,2-3H3;1-5H;. The summed E-state index contributed by atoms with van der Waals surface area (Å²) < 4.78 is 0. The topological polar surface area (TPSA) is 0 Å². The second kappa shape index (κ2) is 8.94. The van der Waals surface area contributed by atoms with Crippen LogP contribution in [0.25, 0.3) is 0 Å². The monoisotopic (exact) mass is 346 g/mol. The van der Waals surface area contributed by atoms with E-state index in [1.165, 1.54) is 16.0 Å². The van der Waals surface area contributed by atoms with Gasteiger partial charge in [0.05, 0.1) is 0 Å². The predicted octanol–water partition coefficient (Wildman–Crippen LogP) is 4.71. The average molecular weight is 346 g/mol. The Morgan fingerprint density at radius 1 is 0.864 bits per heavy atom. The summed E-state index contributed by atoms with van der Waals surface area (Å²) in [6, 6.07) is 10.7. The van der Waals surface area contributed by atoms with Crippen LogP contribution in [-0.4, -0.2) is 8.07 Å². The summed E-state index contributed by atoms with van der Waals surface area (Å²) in [5.41, 5.74) is 1.29. The first-order chi connectivity index (χ1) is 10.1. The molecular weight excluding hydrogens is 324 g/mol. The Kier molecular flexibility index (Phi) is 7.60. The fourth-order valence-electron chi connectivity index (χ4n) is 2.29. The van der Waals surface area contributed by atoms with Gasteiger partial charge in [-0.1, -0.05) is 103 Å². The quantitative estimate of drug-likeness (QED) is 0.695. The van der Waals surface area contributed by atoms with Crippen molar-refractivity contribution in [2.45, 2.75) is 13.1 Å². The zero-order valence-electron chi connectivity index (χ0n) is 13.1. The molecule has 22 heavy (non-hydrogen) atoms. The molecule has 0 saturated carbocycles. The molecule has 0 aliphatic heterocycles. The maximum atomic E-state index is 4.31. The zero-order chi connectivity index (χ0) is 15.1. The number of hydrogen-bond acceptors (Lipinski definition) is 0. The molecule has 0 N–H and O–H groups in total. The van der Waals surface area contributed by atoms with Crippen LogP contribution in [0.15, 0.2) is 90.2 Å². The van der Waals surface area contributed by atoms with Crippen LogP contribution in [0.3, 0.4) is 0 Å². The van der Waals surface area contributed by atoms with Gasteiger partial charge in [-0.15, -0.1) is 0 Å². The fraction of sp³-hybridized carbons (Fsp3) is 0.100. The van der Waals surface area contributed by atoms with Gasteiger partial charge in [0, 0.05) is 29.9 Å². The van der Waals surface area contributed by atoms with Crippen molar-refractivity contribution in [2.75, 3.05) is 0 Å². The van der Waals surface area contributed by atoms with Gasteiger partial charge in [0.2, 0.25) is 0 Å². The Labute approximate surface area is 146 Å². The fourth-order valence-corrected chi connectivity index (χ4v) is 4.55. The van der Waals surface area contributed by atoms with Crippen molar-refractivity contribution in [1.82, 2.24) is 0 Å². The molecule has 0 aromatic heterocycles. The van der Waals surface area contributed by atoms with Crippen LogP contribution >= 0.6 is 0 Å². The van der Waals surface area contributed by atoms with Gasteiger partial charge in [-0.05, 0) is 5.57 Å². The van der Waals surface area contributed by atoms with Gasteiger partial charge in [-0.25, -0.2) is 0 Å². The largest absolute Gasteiger partial charge is 0.112 e. The summed E-state index contributed by atoms with van der Waals surface area (Å²) in [4.78, 5) is 0. The van der Waals surface area contributed by atoms with Crippen LogP contribution in [0.2, 0.25) is 13.1 Å². The molecule has 114 valence electrons. The predicted molar refractivity (Wildman–Crippen MR) is 96.8 cm³/mol. The van der Waals surface area contributed by atoms with Crippen molar-refractivity contribution in [3.63, 3.8) is 0 Å². The molecule has 0 nitrogen and oxygen atoms in total. The van der Waals surface area contributed by atoms with Crippen molar-refractivity contribution >= 4 is 13.3 Å². The van der Waals surface area contributed by atoms with Crippen LogP contribution in [0, 0.1) is 12.8 Å². The molecule has 0 unspecified atom stereocenters. The third kappa shape index (κ3) is 4.84. The second-order valence-electron chi connectivity index (χ2n) is 5.61. The van der Waals surface area contributed by atoms with E-state index in [0.29, 0.717) is 0 Å². The van der Waals surface area contributed by atoms with E-state index in [1.807, 2.05) is 30.7 Å². The van der Waals surface area contributed by atoms with E-state index in [4.69, 9.17) is 0 Å². The van der Waals surface area contributed by atoms with E-state index in [2.05, 4.69) is 74.7 Å². The maximum Gasteiger partial charge on any atom is 0.112 e. The smallest absolute Gasteiger partial charge is 0.0988 e. The molecule has 0 amide bonds. The molecule has 1 aromatic rings. The summed E-state index contributed by atoms with van der Waals surface area (Å²) in [6.45, 7) is 9.02. The molecule has 0 spiro atoms. The molecule has 3 rings (SSSR count). The summed E-state index contributed by atoms with van der Waals surface area (Å²) in [6.07, 6.45) is 18.5. The molecule has 2 aliphatic rings. The van der Waals surface area contributed by atoms with Crippen LogP contribution < -0.4 is 5.19 Å². The van der Waals surface area contributed by atoms with Gasteiger partial charge in [0.1, 0.15) is 8.07 Å². The molecule has 0 fully saturated rings. The first-order valence-corrected chi connectivity index (χ1v) is 10.3. The Balaban J connectivity index is 0.000000344. The van der Waals surface area contributed by atoms with Gasteiger partial charge in [0.15, 0.2) is 0 Å². The van der Waals surface area contributed by atoms with Crippen LogP contribution in [0.4, 0.5) is 0 Å². The maximum absolute atomic E-state index is 4.31. The Hall–Kier alpha value is -1.34. The molecular formula is C20H22FeSi. The van der Waals surface area contributed by atoms with Gasteiger partial charge < -0.3 is 0 Å². The van der Waals surface area contributed by atoms with E-state index in [0.717, 1.165) is 0 Å². The van der Waals surface area contributed by atoms with Gasteiger partial charge >= 0.3 is 0 Å². The molecule has 0 heterocycles. The van der Waals surface area contributed by atoms with Crippen LogP contribution in [-0.2, 0) is 17.1 Å². The molecule has 2 aliphatic carbocycles. The molecule has 0 atom stereocenters. The van der Waals surface area contributed by atoms with Crippen LogP contribution in [0.5, 0.6) is 0 Å². The summed E-state index contributed by atoms with van der Waals surface area (Å²) in [5, 5.41) is 2.75. The molecule has 1 aromatic carbocycles. The van der Waals surface area contributed by atoms with Crippen LogP contribution in [0.1, 0.15) is 0 Å². The number of allylic oxidation sites excluding steroid dienone is 9. The van der Waals surface area contributed by atoms with E-state index in [9.17, 15) is 0 Å². The van der Waals surface area contributed by atoms with Crippen molar-refractivity contribution < 1.29 is 17.1 Å². The van der Waals surface area contributed by atoms with E-state index in [-0.39, 0.29) is 17.1 Å². The SMILES string of the molecule is C=C(C1=C[CH]C=C1)[Si](C)(C)c1ccccc1.[CH]1C=CC=C1.[Fe]. The Morgan fingerprint density at radius 2 is 1.50 bits per heavy atom. The second-order valence-corrected chi connectivity index (χ2v) is 10.0. The number of hydrogen-bond donors (Lipinski definition) is 0. The summed E-state index contributed by atoms with van der Waals surface area (Å²) in [5.74, 6) is 0. The van der Waals surface area contributed by atoms with Crippen molar-refractivity contribution in [1.29, 1.82) is 0 Å². The number of benzene rings is 1. The molecule has 0 saturated heterocycles. The van der Waals surface area contributed by atoms with Crippen molar-refractivity contribution in [3.8, 4) is 0 Å². The normalized spacial score (nSPS) is 14.9. The molecule has 0 bridgehead atoms. The minimum atomic E-state index is -1.58. The minimum Gasteiger partial charge on any atom is -0.0988 e. The Bertz CT molecular complexity index is 594. The van der Waals surface area contributed by atoms with Crippen molar-refractivity contribution in [3.05, 3.63) is 103 Å². The summed E-state index contributed by atoms with van der Waals surface area (Å²) >= 11 is 0. The first kappa shape index (κ1) is 18.7. The van der Waals surface area contributed by atoms with Crippen molar-refractivity contribution in [2.24, 2.45) is 0 Å². The van der Waals surface area contributed by atoms with E-state index >= 15 is 0 Å². The molecule has 2 heteroatoms. The van der Waals surface area contributed by atoms with E-state index in [1.54, 1.807) is 0 Å². The number of rotatable bonds is 3. The summed E-state index contributed by atoms with van der Waals surface area (Å²) in [7, 11) is -1.58. The minimum absolute atomic E-state index is 0. The van der Waals surface area contributed by atoms with Gasteiger partial charge in [-0.2, -0.15) is 0 Å². The Morgan fingerprint density at radius 3 is 1.95 bits per heavy atom. The first-order valence-electron chi connectivity index (χ1n) is 7.26. The van der Waals surface area contributed by atoms with Gasteiger partial charge in [-0.3, -0.25) is 0 Å². The third-order valence-corrected chi connectivity index (χ3v) is 7.39. The average Bonchev–Trinajstić information content (AvgIpc) is 3.23.